The first-order chi connectivity index (χ1) is 15.9. The predicted molar refractivity (Wildman–Crippen MR) is 135 cm³/mol. The van der Waals surface area contributed by atoms with Crippen LogP contribution in [0.15, 0.2) is 36.7 Å². The Morgan fingerprint density at radius 3 is 3.00 bits per heavy atom. The van der Waals surface area contributed by atoms with E-state index in [-0.39, 0.29) is 5.91 Å². The summed E-state index contributed by atoms with van der Waals surface area (Å²) in [5.74, 6) is 0.815. The van der Waals surface area contributed by atoms with Gasteiger partial charge in [-0.15, -0.1) is 11.3 Å². The molecule has 0 atom stereocenters. The maximum absolute atomic E-state index is 12.7. The Bertz CT molecular complexity index is 1160. The van der Waals surface area contributed by atoms with Gasteiger partial charge in [-0.2, -0.15) is 0 Å². The van der Waals surface area contributed by atoms with Crippen LogP contribution in [-0.4, -0.2) is 66.1 Å². The molecule has 9 heteroatoms. The lowest BCUT2D eigenvalue weighted by Crippen LogP contribution is -2.34. The van der Waals surface area contributed by atoms with Crippen molar-refractivity contribution >= 4 is 50.6 Å². The minimum atomic E-state index is 0.0390. The Hall–Kier alpha value is -2.52. The lowest BCUT2D eigenvalue weighted by atomic mass is 10.0. The molecular weight excluding hydrogens is 458 g/mol. The van der Waals surface area contributed by atoms with E-state index in [0.29, 0.717) is 31.3 Å². The number of nitrogens with zero attached hydrogens (tertiary/aromatic N) is 4. The summed E-state index contributed by atoms with van der Waals surface area (Å²) in [6.45, 7) is 5.49. The van der Waals surface area contributed by atoms with Crippen LogP contribution in [-0.2, 0) is 22.5 Å². The molecule has 33 heavy (non-hydrogen) atoms. The first kappa shape index (κ1) is 23.6. The van der Waals surface area contributed by atoms with Crippen LogP contribution in [0.2, 0.25) is 5.02 Å². The number of nitrogens with one attached hydrogen (secondary N) is 1. The van der Waals surface area contributed by atoms with E-state index in [1.54, 1.807) is 30.8 Å². The molecule has 0 spiro atoms. The molecule has 1 amide bonds. The predicted octanol–water partition coefficient (Wildman–Crippen LogP) is 4.42. The zero-order valence-electron chi connectivity index (χ0n) is 19.1. The van der Waals surface area contributed by atoms with Gasteiger partial charge in [0.25, 0.3) is 0 Å². The van der Waals surface area contributed by atoms with Gasteiger partial charge in [-0.3, -0.25) is 4.79 Å². The molecule has 1 N–H and O–H groups in total. The fourth-order valence-electron chi connectivity index (χ4n) is 3.93. The number of fused-ring (bicyclic) bond motifs is 3. The molecule has 0 aliphatic carbocycles. The lowest BCUT2D eigenvalue weighted by molar-refractivity contribution is -0.126. The third-order valence-corrected chi connectivity index (χ3v) is 6.95. The van der Waals surface area contributed by atoms with Crippen LogP contribution < -0.4 is 5.32 Å². The fourth-order valence-corrected chi connectivity index (χ4v) is 5.43. The highest BCUT2D eigenvalue weighted by molar-refractivity contribution is 7.19. The van der Waals surface area contributed by atoms with E-state index in [2.05, 4.69) is 20.2 Å². The summed E-state index contributed by atoms with van der Waals surface area (Å²) in [5.41, 5.74) is 3.20. The molecule has 0 bridgehead atoms. The summed E-state index contributed by atoms with van der Waals surface area (Å²) in [4.78, 5) is 27.8. The number of benzene rings is 1. The van der Waals surface area contributed by atoms with Crippen molar-refractivity contribution < 1.29 is 9.53 Å². The smallest absolute Gasteiger partial charge is 0.246 e. The number of amides is 1. The van der Waals surface area contributed by atoms with Gasteiger partial charge in [0.05, 0.1) is 18.5 Å². The van der Waals surface area contributed by atoms with Crippen molar-refractivity contribution in [1.29, 1.82) is 0 Å². The third kappa shape index (κ3) is 5.70. The zero-order valence-corrected chi connectivity index (χ0v) is 20.7. The number of anilines is 2. The molecule has 7 nitrogen and oxygen atoms in total. The third-order valence-electron chi connectivity index (χ3n) is 5.61. The number of carbonyl (C=O) groups excluding carboxylic acids is 1. The van der Waals surface area contributed by atoms with Crippen molar-refractivity contribution in [3.63, 3.8) is 0 Å². The highest BCUT2D eigenvalue weighted by Crippen LogP contribution is 2.38. The van der Waals surface area contributed by atoms with Crippen molar-refractivity contribution in [3.05, 3.63) is 57.7 Å². The first-order valence-electron chi connectivity index (χ1n) is 10.9. The van der Waals surface area contributed by atoms with Gasteiger partial charge in [0.1, 0.15) is 17.0 Å². The van der Waals surface area contributed by atoms with Crippen molar-refractivity contribution in [3.8, 4) is 0 Å². The topological polar surface area (TPSA) is 70.6 Å². The Labute approximate surface area is 203 Å². The molecular formula is C24H28ClN5O2S. The zero-order chi connectivity index (χ0) is 23.4. The molecule has 3 heterocycles. The van der Waals surface area contributed by atoms with E-state index in [1.807, 2.05) is 43.1 Å². The van der Waals surface area contributed by atoms with Crippen molar-refractivity contribution in [2.45, 2.75) is 19.9 Å². The van der Waals surface area contributed by atoms with Crippen LogP contribution in [0.1, 0.15) is 16.0 Å². The number of rotatable bonds is 8. The van der Waals surface area contributed by atoms with Crippen LogP contribution in [0.4, 0.5) is 11.5 Å². The van der Waals surface area contributed by atoms with Gasteiger partial charge < -0.3 is 19.9 Å². The van der Waals surface area contributed by atoms with E-state index in [9.17, 15) is 4.79 Å². The summed E-state index contributed by atoms with van der Waals surface area (Å²) in [7, 11) is 3.70. The minimum Gasteiger partial charge on any atom is -0.383 e. The molecule has 2 aromatic heterocycles. The second kappa shape index (κ2) is 10.6. The summed E-state index contributed by atoms with van der Waals surface area (Å²) < 4.78 is 5.09. The lowest BCUT2D eigenvalue weighted by Gasteiger charge is -2.26. The summed E-state index contributed by atoms with van der Waals surface area (Å²) >= 11 is 7.86. The molecule has 0 unspecified atom stereocenters. The number of carbonyl (C=O) groups is 1. The average molecular weight is 486 g/mol. The molecule has 0 fully saturated rings. The summed E-state index contributed by atoms with van der Waals surface area (Å²) in [6, 6.07) is 5.85. The van der Waals surface area contributed by atoms with Gasteiger partial charge in [-0.25, -0.2) is 9.97 Å². The monoisotopic (exact) mass is 485 g/mol. The number of aromatic nitrogens is 2. The van der Waals surface area contributed by atoms with Crippen molar-refractivity contribution in [2.75, 3.05) is 45.7 Å². The largest absolute Gasteiger partial charge is 0.383 e. The Morgan fingerprint density at radius 2 is 2.21 bits per heavy atom. The molecule has 0 saturated heterocycles. The maximum atomic E-state index is 12.7. The summed E-state index contributed by atoms with van der Waals surface area (Å²) in [5, 5.41) is 5.14. The van der Waals surface area contributed by atoms with E-state index < -0.39 is 0 Å². The van der Waals surface area contributed by atoms with E-state index >= 15 is 0 Å². The van der Waals surface area contributed by atoms with Gasteiger partial charge in [0, 0.05) is 48.4 Å². The van der Waals surface area contributed by atoms with Gasteiger partial charge in [0.15, 0.2) is 0 Å². The van der Waals surface area contributed by atoms with Gasteiger partial charge in [-0.05, 0) is 49.7 Å². The quantitative estimate of drug-likeness (QED) is 0.476. The highest BCUT2D eigenvalue weighted by Gasteiger charge is 2.25. The average Bonchev–Trinajstić information content (AvgIpc) is 3.15. The molecule has 4 rings (SSSR count). The maximum Gasteiger partial charge on any atom is 0.246 e. The first-order valence-corrected chi connectivity index (χ1v) is 12.1. The molecule has 1 aromatic carbocycles. The van der Waals surface area contributed by atoms with E-state index in [0.717, 1.165) is 40.3 Å². The summed E-state index contributed by atoms with van der Waals surface area (Å²) in [6.07, 6.45) is 5.95. The molecule has 1 aliphatic rings. The van der Waals surface area contributed by atoms with E-state index in [4.69, 9.17) is 16.3 Å². The second-order valence-corrected chi connectivity index (χ2v) is 9.74. The number of ether oxygens (including phenoxy) is 1. The molecule has 174 valence electrons. The number of thiophene rings is 1. The number of methoxy groups -OCH3 is 1. The number of aryl methyl sites for hydroxylation is 1. The standard InChI is InChI=1S/C24H28ClN5O2S/c1-16-11-17(25)13-18(12-16)28-23-22-19-6-8-30(14-20(19)33-24(22)27-15-26-23)21(31)5-4-7-29(2)9-10-32-3/h4-5,11-13,15H,6-10,14H2,1-3H3,(H,26,27,28)/b5-4+. The van der Waals surface area contributed by atoms with Crippen molar-refractivity contribution in [1.82, 2.24) is 19.8 Å². The normalized spacial score (nSPS) is 13.8. The van der Waals surface area contributed by atoms with Gasteiger partial charge in [0.2, 0.25) is 5.91 Å². The molecule has 0 radical (unpaired) electrons. The van der Waals surface area contributed by atoms with Gasteiger partial charge >= 0.3 is 0 Å². The molecule has 3 aromatic rings. The fraction of sp³-hybridized carbons (Fsp3) is 0.375. The number of likely N-dealkylation sites (N-methyl/N-ethyl adjacent to an activating group) is 1. The second-order valence-electron chi connectivity index (χ2n) is 8.22. The van der Waals surface area contributed by atoms with Crippen molar-refractivity contribution in [2.24, 2.45) is 0 Å². The van der Waals surface area contributed by atoms with Gasteiger partial charge in [-0.1, -0.05) is 17.7 Å². The van der Waals surface area contributed by atoms with Crippen LogP contribution in [0.25, 0.3) is 10.2 Å². The Balaban J connectivity index is 1.49. The van der Waals surface area contributed by atoms with Crippen LogP contribution in [0, 0.1) is 6.92 Å². The minimum absolute atomic E-state index is 0.0390. The highest BCUT2D eigenvalue weighted by atomic mass is 35.5. The van der Waals surface area contributed by atoms with Crippen LogP contribution in [0.3, 0.4) is 0 Å². The number of halogens is 1. The molecule has 1 aliphatic heterocycles. The number of hydrogen-bond acceptors (Lipinski definition) is 7. The van der Waals surface area contributed by atoms with Crippen LogP contribution in [0.5, 0.6) is 0 Å². The van der Waals surface area contributed by atoms with Crippen LogP contribution >= 0.6 is 22.9 Å². The molecule has 0 saturated carbocycles. The number of hydrogen-bond donors (Lipinski definition) is 1. The Kier molecular flexibility index (Phi) is 7.60. The SMILES string of the molecule is COCCN(C)C/C=C/C(=O)N1CCc2c(sc3ncnc(Nc4cc(C)cc(Cl)c4)c23)C1. The Morgan fingerprint density at radius 1 is 1.36 bits per heavy atom. The van der Waals surface area contributed by atoms with E-state index in [1.165, 1.54) is 10.4 Å².